The number of halogens is 1. The van der Waals surface area contributed by atoms with Crippen molar-refractivity contribution < 1.29 is 13.2 Å². The van der Waals surface area contributed by atoms with Gasteiger partial charge in [0.1, 0.15) is 6.54 Å². The maximum Gasteiger partial charge on any atom is 0.243 e. The molecule has 1 fully saturated rings. The van der Waals surface area contributed by atoms with Crippen LogP contribution in [0.1, 0.15) is 33.1 Å². The van der Waals surface area contributed by atoms with Gasteiger partial charge in [0, 0.05) is 39.8 Å². The molecule has 0 atom stereocenters. The number of aliphatic imine (C=N–C) groups is 1. The van der Waals surface area contributed by atoms with Crippen LogP contribution in [0, 0.1) is 0 Å². The van der Waals surface area contributed by atoms with Gasteiger partial charge in [0.2, 0.25) is 15.9 Å². The molecule has 25 heavy (non-hydrogen) atoms. The maximum atomic E-state index is 11.9. The van der Waals surface area contributed by atoms with Crippen molar-refractivity contribution in [2.75, 3.05) is 46.0 Å². The van der Waals surface area contributed by atoms with Crippen molar-refractivity contribution in [2.45, 2.75) is 39.2 Å². The van der Waals surface area contributed by atoms with Crippen LogP contribution in [0.5, 0.6) is 0 Å². The zero-order valence-corrected chi connectivity index (χ0v) is 18.8. The Kier molecular flexibility index (Phi) is 11.6. The highest BCUT2D eigenvalue weighted by molar-refractivity contribution is 14.0. The Bertz CT molecular complexity index is 531. The van der Waals surface area contributed by atoms with Crippen molar-refractivity contribution >= 4 is 45.9 Å². The summed E-state index contributed by atoms with van der Waals surface area (Å²) in [5.41, 5.74) is 0. The van der Waals surface area contributed by atoms with Crippen LogP contribution in [0.2, 0.25) is 0 Å². The number of piperidine rings is 1. The zero-order valence-electron chi connectivity index (χ0n) is 15.6. The topological polar surface area (TPSA) is 94.1 Å². The first kappa shape index (κ1) is 24.4. The van der Waals surface area contributed by atoms with Gasteiger partial charge in [-0.25, -0.2) is 17.7 Å². The van der Waals surface area contributed by atoms with Crippen LogP contribution in [0.15, 0.2) is 4.99 Å². The van der Waals surface area contributed by atoms with E-state index < -0.39 is 10.0 Å². The molecule has 0 aromatic rings. The Morgan fingerprint density at radius 1 is 1.24 bits per heavy atom. The molecule has 10 heteroatoms. The summed E-state index contributed by atoms with van der Waals surface area (Å²) in [4.78, 5) is 17.5. The van der Waals surface area contributed by atoms with Gasteiger partial charge in [-0.05, 0) is 26.2 Å². The van der Waals surface area contributed by atoms with E-state index in [9.17, 15) is 13.2 Å². The Labute approximate surface area is 168 Å². The SMILES string of the molecule is CCCNC(=NCC(=O)N(C)C)NC1CCN(S(=O)(=O)CC)CC1.I. The zero-order chi connectivity index (χ0) is 18.2. The summed E-state index contributed by atoms with van der Waals surface area (Å²) in [5, 5.41) is 6.52. The molecule has 0 aliphatic carbocycles. The Balaban J connectivity index is 0.00000576. The number of guanidine groups is 1. The second kappa shape index (κ2) is 11.9. The van der Waals surface area contributed by atoms with E-state index in [4.69, 9.17) is 0 Å². The Hall–Kier alpha value is -0.620. The van der Waals surface area contributed by atoms with Crippen molar-refractivity contribution in [3.05, 3.63) is 0 Å². The summed E-state index contributed by atoms with van der Waals surface area (Å²) < 4.78 is 25.3. The van der Waals surface area contributed by atoms with Crippen LogP contribution >= 0.6 is 24.0 Å². The molecule has 1 saturated heterocycles. The first-order valence-corrected chi connectivity index (χ1v) is 10.1. The van der Waals surface area contributed by atoms with Crippen molar-refractivity contribution in [2.24, 2.45) is 4.99 Å². The van der Waals surface area contributed by atoms with Crippen molar-refractivity contribution in [1.29, 1.82) is 0 Å². The molecule has 0 radical (unpaired) electrons. The molecule has 0 aromatic carbocycles. The van der Waals surface area contributed by atoms with Crippen molar-refractivity contribution in [3.8, 4) is 0 Å². The second-order valence-electron chi connectivity index (χ2n) is 6.10. The van der Waals surface area contributed by atoms with E-state index in [0.29, 0.717) is 19.0 Å². The Morgan fingerprint density at radius 2 is 1.84 bits per heavy atom. The molecule has 1 rings (SSSR count). The van der Waals surface area contributed by atoms with Gasteiger partial charge in [-0.15, -0.1) is 24.0 Å². The first-order valence-electron chi connectivity index (χ1n) is 8.53. The van der Waals surface area contributed by atoms with E-state index in [1.165, 1.54) is 4.90 Å². The number of hydrogen-bond acceptors (Lipinski definition) is 4. The molecular weight excluding hydrogens is 457 g/mol. The highest BCUT2D eigenvalue weighted by Gasteiger charge is 2.27. The predicted molar refractivity (Wildman–Crippen MR) is 112 cm³/mol. The highest BCUT2D eigenvalue weighted by Crippen LogP contribution is 2.14. The van der Waals surface area contributed by atoms with Crippen LogP contribution < -0.4 is 10.6 Å². The lowest BCUT2D eigenvalue weighted by Gasteiger charge is -2.32. The minimum Gasteiger partial charge on any atom is -0.356 e. The first-order chi connectivity index (χ1) is 11.3. The molecule has 1 aliphatic heterocycles. The van der Waals surface area contributed by atoms with Gasteiger partial charge in [-0.3, -0.25) is 4.79 Å². The van der Waals surface area contributed by atoms with Gasteiger partial charge >= 0.3 is 0 Å². The number of nitrogens with zero attached hydrogens (tertiary/aromatic N) is 3. The molecule has 0 saturated carbocycles. The average molecular weight is 489 g/mol. The van der Waals surface area contributed by atoms with E-state index in [1.807, 2.05) is 0 Å². The molecule has 1 heterocycles. The lowest BCUT2D eigenvalue weighted by Crippen LogP contribution is -2.50. The summed E-state index contributed by atoms with van der Waals surface area (Å²) in [6.45, 7) is 5.63. The highest BCUT2D eigenvalue weighted by atomic mass is 127. The fourth-order valence-corrected chi connectivity index (χ4v) is 3.47. The molecule has 0 unspecified atom stereocenters. The van der Waals surface area contributed by atoms with Crippen LogP contribution in [0.3, 0.4) is 0 Å². The van der Waals surface area contributed by atoms with Gasteiger partial charge in [-0.1, -0.05) is 6.92 Å². The average Bonchev–Trinajstić information content (AvgIpc) is 2.57. The number of hydrogen-bond donors (Lipinski definition) is 2. The van der Waals surface area contributed by atoms with Crippen LogP contribution in [0.25, 0.3) is 0 Å². The molecule has 2 N–H and O–H groups in total. The number of likely N-dealkylation sites (N-methyl/N-ethyl adjacent to an activating group) is 1. The van der Waals surface area contributed by atoms with Gasteiger partial charge in [0.15, 0.2) is 5.96 Å². The van der Waals surface area contributed by atoms with Crippen LogP contribution in [0.4, 0.5) is 0 Å². The fourth-order valence-electron chi connectivity index (χ4n) is 2.34. The van der Waals surface area contributed by atoms with E-state index in [1.54, 1.807) is 25.3 Å². The number of amides is 1. The smallest absolute Gasteiger partial charge is 0.243 e. The van der Waals surface area contributed by atoms with Gasteiger partial charge < -0.3 is 15.5 Å². The fraction of sp³-hybridized carbons (Fsp3) is 0.867. The van der Waals surface area contributed by atoms with Crippen LogP contribution in [-0.2, 0) is 14.8 Å². The summed E-state index contributed by atoms with van der Waals surface area (Å²) in [5.74, 6) is 0.697. The molecule has 0 aromatic heterocycles. The number of nitrogens with one attached hydrogen (secondary N) is 2. The lowest BCUT2D eigenvalue weighted by molar-refractivity contribution is -0.127. The lowest BCUT2D eigenvalue weighted by atomic mass is 10.1. The molecule has 1 amide bonds. The molecule has 0 bridgehead atoms. The van der Waals surface area contributed by atoms with Crippen LogP contribution in [-0.4, -0.2) is 81.6 Å². The Morgan fingerprint density at radius 3 is 2.32 bits per heavy atom. The third-order valence-electron chi connectivity index (χ3n) is 3.97. The third-order valence-corrected chi connectivity index (χ3v) is 5.85. The number of rotatable bonds is 7. The van der Waals surface area contributed by atoms with Gasteiger partial charge in [-0.2, -0.15) is 0 Å². The second-order valence-corrected chi connectivity index (χ2v) is 8.36. The van der Waals surface area contributed by atoms with Crippen molar-refractivity contribution in [1.82, 2.24) is 19.8 Å². The largest absolute Gasteiger partial charge is 0.356 e. The summed E-state index contributed by atoms with van der Waals surface area (Å²) in [7, 11) is 0.297. The summed E-state index contributed by atoms with van der Waals surface area (Å²) in [6.07, 6.45) is 2.41. The van der Waals surface area contributed by atoms with E-state index in [-0.39, 0.29) is 48.2 Å². The molecule has 148 valence electrons. The maximum absolute atomic E-state index is 11.9. The molecule has 0 spiro atoms. The predicted octanol–water partition coefficient (Wildman–Crippen LogP) is 0.452. The normalized spacial score (nSPS) is 16.9. The number of sulfonamides is 1. The summed E-state index contributed by atoms with van der Waals surface area (Å²) in [6, 6.07) is 0.158. The van der Waals surface area contributed by atoms with E-state index in [0.717, 1.165) is 25.8 Å². The minimum atomic E-state index is -3.11. The number of carbonyl (C=O) groups is 1. The van der Waals surface area contributed by atoms with Crippen molar-refractivity contribution in [3.63, 3.8) is 0 Å². The van der Waals surface area contributed by atoms with Gasteiger partial charge in [0.05, 0.1) is 5.75 Å². The molecule has 8 nitrogen and oxygen atoms in total. The quantitative estimate of drug-likeness (QED) is 0.308. The monoisotopic (exact) mass is 489 g/mol. The minimum absolute atomic E-state index is 0. The number of carbonyl (C=O) groups excluding carboxylic acids is 1. The standard InChI is InChI=1S/C15H31N5O3S.HI/c1-5-9-16-15(17-12-14(21)19(3)4)18-13-7-10-20(11-8-13)24(22,23)6-2;/h13H,5-12H2,1-4H3,(H2,16,17,18);1H. The third kappa shape index (κ3) is 8.54. The summed E-state index contributed by atoms with van der Waals surface area (Å²) >= 11 is 0. The molecule has 1 aliphatic rings. The van der Waals surface area contributed by atoms with E-state index in [2.05, 4.69) is 22.5 Å². The van der Waals surface area contributed by atoms with E-state index >= 15 is 0 Å². The van der Waals surface area contributed by atoms with Gasteiger partial charge in [0.25, 0.3) is 0 Å². The molecular formula is C15H32IN5O3S.